The Balaban J connectivity index is 4.73. The van der Waals surface area contributed by atoms with Gasteiger partial charge in [0.05, 0.1) is 5.41 Å². The van der Waals surface area contributed by atoms with Crippen molar-refractivity contribution in [3.8, 4) is 0 Å². The summed E-state index contributed by atoms with van der Waals surface area (Å²) in [6, 6.07) is 0. The predicted octanol–water partition coefficient (Wildman–Crippen LogP) is 1.85. The van der Waals surface area contributed by atoms with Crippen LogP contribution in [0.1, 0.15) is 26.7 Å². The fourth-order valence-electron chi connectivity index (χ4n) is 1.07. The van der Waals surface area contributed by atoms with Crippen molar-refractivity contribution in [1.29, 1.82) is 0 Å². The number of thiol groups is 1. The lowest BCUT2D eigenvalue weighted by Crippen LogP contribution is -2.27. The van der Waals surface area contributed by atoms with E-state index in [-0.39, 0.29) is 5.05 Å². The van der Waals surface area contributed by atoms with Gasteiger partial charge in [0.15, 0.2) is 5.05 Å². The topological polar surface area (TPSA) is 43.4 Å². The van der Waals surface area contributed by atoms with E-state index in [9.17, 15) is 8.42 Å². The molecule has 0 atom stereocenters. The molecule has 0 bridgehead atoms. The van der Waals surface area contributed by atoms with Gasteiger partial charge in [0.25, 0.3) is 11.0 Å². The molecule has 13 heavy (non-hydrogen) atoms. The Morgan fingerprint density at radius 1 is 1.54 bits per heavy atom. The van der Waals surface area contributed by atoms with Gasteiger partial charge >= 0.3 is 0 Å². The van der Waals surface area contributed by atoms with Gasteiger partial charge in [0.2, 0.25) is 0 Å². The van der Waals surface area contributed by atoms with E-state index in [1.165, 1.54) is 0 Å². The van der Waals surface area contributed by atoms with Crippen LogP contribution in [0.25, 0.3) is 0 Å². The van der Waals surface area contributed by atoms with Crippen LogP contribution in [0.15, 0.2) is 12.7 Å². The Kier molecular flexibility index (Phi) is 5.17. The van der Waals surface area contributed by atoms with Crippen molar-refractivity contribution in [3.05, 3.63) is 12.7 Å². The van der Waals surface area contributed by atoms with Crippen LogP contribution in [-0.4, -0.2) is 13.5 Å². The Morgan fingerprint density at radius 2 is 2.00 bits per heavy atom. The van der Waals surface area contributed by atoms with E-state index in [0.29, 0.717) is 12.8 Å². The maximum absolute atomic E-state index is 10.3. The minimum absolute atomic E-state index is 0.0867. The molecule has 0 amide bonds. The Bertz CT molecular complexity index is 257. The molecule has 0 fully saturated rings. The van der Waals surface area contributed by atoms with Crippen molar-refractivity contribution in [3.63, 3.8) is 0 Å². The van der Waals surface area contributed by atoms with Gasteiger partial charge in [-0.1, -0.05) is 19.9 Å². The summed E-state index contributed by atoms with van der Waals surface area (Å²) < 4.78 is 25.1. The second-order valence-corrected chi connectivity index (χ2v) is 3.67. The zero-order valence-corrected chi connectivity index (χ0v) is 9.49. The first-order valence-electron chi connectivity index (χ1n) is 4.02. The summed E-state index contributed by atoms with van der Waals surface area (Å²) in [5, 5.41) is 0.0867. The van der Waals surface area contributed by atoms with Crippen LogP contribution in [0, 0.1) is 5.41 Å². The van der Waals surface area contributed by atoms with Crippen molar-refractivity contribution in [2.75, 3.05) is 0 Å². The Labute approximate surface area is 85.9 Å². The average Bonchev–Trinajstić information content (AvgIpc) is 2.07. The lowest BCUT2D eigenvalue weighted by molar-refractivity contribution is 0.411. The number of rotatable bonds is 5. The minimum atomic E-state index is -2.91. The number of thiocarbonyl (C=S) groups is 1. The Hall–Kier alpha value is -0.420. The van der Waals surface area contributed by atoms with Gasteiger partial charge in [-0.2, -0.15) is 8.42 Å². The first-order chi connectivity index (χ1) is 6.02. The van der Waals surface area contributed by atoms with Crippen LogP contribution in [-0.2, 0) is 15.2 Å². The monoisotopic (exact) mass is 222 g/mol. The van der Waals surface area contributed by atoms with E-state index in [1.54, 1.807) is 6.08 Å². The van der Waals surface area contributed by atoms with Crippen LogP contribution in [0.4, 0.5) is 0 Å². The molecule has 5 heteroatoms. The molecule has 0 aromatic heterocycles. The van der Waals surface area contributed by atoms with Gasteiger partial charge in [0.1, 0.15) is 0 Å². The third-order valence-electron chi connectivity index (χ3n) is 2.22. The first kappa shape index (κ1) is 12.6. The molecule has 0 heterocycles. The fraction of sp³-hybridized carbons (Fsp3) is 0.625. The first-order valence-corrected chi connectivity index (χ1v) is 5.53. The van der Waals surface area contributed by atoms with Gasteiger partial charge in [0, 0.05) is 0 Å². The lowest BCUT2D eigenvalue weighted by atomic mass is 9.83. The number of hydrogen-bond donors (Lipinski definition) is 1. The van der Waals surface area contributed by atoms with E-state index >= 15 is 0 Å². The molecule has 76 valence electrons. The second kappa shape index (κ2) is 5.34. The SMILES string of the molecule is C=CC(CC)(CC)C(=S)O[SH](=O)=O. The predicted molar refractivity (Wildman–Crippen MR) is 57.2 cm³/mol. The molecule has 0 aliphatic carbocycles. The van der Waals surface area contributed by atoms with Gasteiger partial charge in [-0.3, -0.25) is 0 Å². The quantitative estimate of drug-likeness (QED) is 0.438. The maximum Gasteiger partial charge on any atom is 0.299 e. The van der Waals surface area contributed by atoms with E-state index in [2.05, 4.69) is 10.8 Å². The summed E-state index contributed by atoms with van der Waals surface area (Å²) >= 11 is 4.88. The molecule has 0 aromatic rings. The zero-order valence-electron chi connectivity index (χ0n) is 7.78. The molecule has 0 aliphatic rings. The molecule has 0 aromatic carbocycles. The van der Waals surface area contributed by atoms with Gasteiger partial charge in [-0.15, -0.1) is 6.58 Å². The summed E-state index contributed by atoms with van der Waals surface area (Å²) in [5.41, 5.74) is -0.495. The van der Waals surface area contributed by atoms with Crippen molar-refractivity contribution >= 4 is 28.3 Å². The highest BCUT2D eigenvalue weighted by molar-refractivity contribution is 7.81. The number of hydrogen-bond acceptors (Lipinski definition) is 4. The molecule has 0 aliphatic heterocycles. The summed E-state index contributed by atoms with van der Waals surface area (Å²) in [6.45, 7) is 7.47. The molecular weight excluding hydrogens is 208 g/mol. The fourth-order valence-corrected chi connectivity index (χ4v) is 1.94. The lowest BCUT2D eigenvalue weighted by Gasteiger charge is -2.25. The van der Waals surface area contributed by atoms with Crippen LogP contribution in [0.2, 0.25) is 0 Å². The highest BCUT2D eigenvalue weighted by Gasteiger charge is 2.29. The Morgan fingerprint density at radius 3 is 2.23 bits per heavy atom. The zero-order chi connectivity index (χ0) is 10.5. The standard InChI is InChI=1S/C8H14O3S2/c1-4-8(5-2,6-3)7(12)11-13(9)10/h4,13H,1,5-6H2,2-3H3. The normalized spacial score (nSPS) is 11.3. The van der Waals surface area contributed by atoms with E-state index < -0.39 is 16.4 Å². The highest BCUT2D eigenvalue weighted by Crippen LogP contribution is 2.30. The second-order valence-electron chi connectivity index (χ2n) is 2.67. The van der Waals surface area contributed by atoms with E-state index in [0.717, 1.165) is 0 Å². The third-order valence-corrected chi connectivity index (χ3v) is 3.16. The van der Waals surface area contributed by atoms with Crippen LogP contribution in [0.3, 0.4) is 0 Å². The maximum atomic E-state index is 10.3. The van der Waals surface area contributed by atoms with Crippen LogP contribution >= 0.6 is 12.2 Å². The van der Waals surface area contributed by atoms with E-state index in [4.69, 9.17) is 12.2 Å². The molecule has 0 saturated carbocycles. The largest absolute Gasteiger partial charge is 0.376 e. The third kappa shape index (κ3) is 3.08. The molecule has 0 spiro atoms. The van der Waals surface area contributed by atoms with Crippen molar-refractivity contribution in [2.24, 2.45) is 5.41 Å². The van der Waals surface area contributed by atoms with Crippen LogP contribution in [0.5, 0.6) is 0 Å². The molecular formula is C8H14O3S2. The summed E-state index contributed by atoms with van der Waals surface area (Å²) in [4.78, 5) is 0. The molecule has 0 rings (SSSR count). The van der Waals surface area contributed by atoms with E-state index in [1.807, 2.05) is 13.8 Å². The van der Waals surface area contributed by atoms with Crippen molar-refractivity contribution in [1.82, 2.24) is 0 Å². The smallest absolute Gasteiger partial charge is 0.299 e. The summed E-state index contributed by atoms with van der Waals surface area (Å²) in [6.07, 6.45) is 3.03. The summed E-state index contributed by atoms with van der Waals surface area (Å²) in [5.74, 6) is 0. The van der Waals surface area contributed by atoms with Gasteiger partial charge in [-0.25, -0.2) is 0 Å². The highest BCUT2D eigenvalue weighted by atomic mass is 32.2. The molecule has 0 saturated heterocycles. The summed E-state index contributed by atoms with van der Waals surface area (Å²) in [7, 11) is -2.91. The minimum Gasteiger partial charge on any atom is -0.376 e. The molecule has 0 N–H and O–H groups in total. The van der Waals surface area contributed by atoms with Crippen LogP contribution < -0.4 is 0 Å². The van der Waals surface area contributed by atoms with Crippen molar-refractivity contribution in [2.45, 2.75) is 26.7 Å². The molecule has 3 nitrogen and oxygen atoms in total. The molecule has 0 unspecified atom stereocenters. The molecule has 0 radical (unpaired) electrons. The van der Waals surface area contributed by atoms with Gasteiger partial charge in [-0.05, 0) is 25.1 Å². The van der Waals surface area contributed by atoms with Gasteiger partial charge < -0.3 is 4.18 Å². The van der Waals surface area contributed by atoms with Crippen molar-refractivity contribution < 1.29 is 12.6 Å². The average molecular weight is 222 g/mol.